The van der Waals surface area contributed by atoms with Crippen molar-refractivity contribution in [2.75, 3.05) is 26.2 Å². The van der Waals surface area contributed by atoms with Crippen molar-refractivity contribution < 1.29 is 14.3 Å². The lowest BCUT2D eigenvalue weighted by atomic mass is 9.88. The molecule has 0 aromatic heterocycles. The van der Waals surface area contributed by atoms with Gasteiger partial charge in [-0.05, 0) is 62.7 Å². The average Bonchev–Trinajstić information content (AvgIpc) is 2.53. The predicted octanol–water partition coefficient (Wildman–Crippen LogP) is 3.50. The highest BCUT2D eigenvalue weighted by Gasteiger charge is 2.33. The Kier molecular flexibility index (Phi) is 7.72. The van der Waals surface area contributed by atoms with Crippen molar-refractivity contribution in [2.24, 2.45) is 11.7 Å². The van der Waals surface area contributed by atoms with Crippen LogP contribution in [0.4, 0.5) is 4.79 Å². The number of nitrogens with two attached hydrogens (primary N) is 1. The van der Waals surface area contributed by atoms with Crippen LogP contribution < -0.4 is 11.0 Å². The molecule has 1 aliphatic rings. The molecule has 2 rings (SSSR count). The van der Waals surface area contributed by atoms with Crippen LogP contribution in [0.15, 0.2) is 18.2 Å². The van der Waals surface area contributed by atoms with Gasteiger partial charge in [0.25, 0.3) is 0 Å². The van der Waals surface area contributed by atoms with Crippen molar-refractivity contribution in [3.05, 3.63) is 28.8 Å². The predicted molar refractivity (Wildman–Crippen MR) is 109 cm³/mol. The highest BCUT2D eigenvalue weighted by Crippen LogP contribution is 2.34. The van der Waals surface area contributed by atoms with Gasteiger partial charge in [0, 0.05) is 30.6 Å². The van der Waals surface area contributed by atoms with E-state index < -0.39 is 5.60 Å². The molecule has 1 heterocycles. The lowest BCUT2D eigenvalue weighted by Gasteiger charge is -2.37. The largest absolute Gasteiger partial charge is 0.444 e. The summed E-state index contributed by atoms with van der Waals surface area (Å²) < 4.78 is 11.6. The Balaban J connectivity index is 2.17. The van der Waals surface area contributed by atoms with Crippen molar-refractivity contribution in [1.29, 1.82) is 0 Å². The molecule has 26 heavy (non-hydrogen) atoms. The van der Waals surface area contributed by atoms with Crippen LogP contribution in [0.3, 0.4) is 0 Å². The number of halogens is 1. The number of carbonyl (C=O) groups is 1. The number of ether oxygens (including phenoxy) is 2. The molecule has 1 fully saturated rings. The van der Waals surface area contributed by atoms with Crippen molar-refractivity contribution >= 4 is 32.2 Å². The van der Waals surface area contributed by atoms with Crippen LogP contribution in [0.5, 0.6) is 0 Å². The minimum atomic E-state index is -0.499. The molecule has 0 bridgehead atoms. The summed E-state index contributed by atoms with van der Waals surface area (Å²) in [7, 11) is 2.67. The third-order valence-corrected chi connectivity index (χ3v) is 4.78. The second kappa shape index (κ2) is 9.36. The van der Waals surface area contributed by atoms with Gasteiger partial charge in [0.2, 0.25) is 0 Å². The minimum absolute atomic E-state index is 0.151. The van der Waals surface area contributed by atoms with Crippen molar-refractivity contribution in [1.82, 2.24) is 4.90 Å². The SMILES string of the molecule is CC(C)(C)OC(=O)N1CCCC(C(OCCN)c2cc(P)cc(Cl)c2)C1. The molecule has 0 radical (unpaired) electrons. The van der Waals surface area contributed by atoms with Gasteiger partial charge in [-0.25, -0.2) is 4.79 Å². The van der Waals surface area contributed by atoms with E-state index in [2.05, 4.69) is 15.3 Å². The number of likely N-dealkylation sites (tertiary alicyclic amines) is 1. The number of hydrogen-bond donors (Lipinski definition) is 1. The molecule has 1 aliphatic heterocycles. The Labute approximate surface area is 163 Å². The van der Waals surface area contributed by atoms with Crippen molar-refractivity contribution in [3.8, 4) is 0 Å². The van der Waals surface area contributed by atoms with E-state index in [1.165, 1.54) is 0 Å². The minimum Gasteiger partial charge on any atom is -0.444 e. The van der Waals surface area contributed by atoms with E-state index in [-0.39, 0.29) is 18.1 Å². The summed E-state index contributed by atoms with van der Waals surface area (Å²) in [5, 5.41) is 1.68. The number of carbonyl (C=O) groups excluding carboxylic acids is 1. The van der Waals surface area contributed by atoms with E-state index in [1.807, 2.05) is 32.9 Å². The number of hydrogen-bond acceptors (Lipinski definition) is 4. The molecular weight excluding hydrogens is 371 g/mol. The lowest BCUT2D eigenvalue weighted by Crippen LogP contribution is -2.44. The second-order valence-electron chi connectivity index (χ2n) is 7.73. The molecule has 146 valence electrons. The van der Waals surface area contributed by atoms with Crippen LogP contribution in [0.1, 0.15) is 45.3 Å². The maximum atomic E-state index is 12.5. The lowest BCUT2D eigenvalue weighted by molar-refractivity contribution is -0.0233. The van der Waals surface area contributed by atoms with Crippen LogP contribution in [0.25, 0.3) is 0 Å². The summed E-state index contributed by atoms with van der Waals surface area (Å²) in [6, 6.07) is 5.89. The Morgan fingerprint density at radius 3 is 2.77 bits per heavy atom. The van der Waals surface area contributed by atoms with E-state index >= 15 is 0 Å². The Hall–Kier alpha value is -0.870. The van der Waals surface area contributed by atoms with Crippen LogP contribution in [0.2, 0.25) is 5.02 Å². The van der Waals surface area contributed by atoms with Gasteiger partial charge in [-0.3, -0.25) is 0 Å². The normalized spacial score (nSPS) is 19.3. The van der Waals surface area contributed by atoms with Gasteiger partial charge in [-0.15, -0.1) is 9.24 Å². The number of benzene rings is 1. The molecule has 3 atom stereocenters. The molecule has 1 saturated heterocycles. The standard InChI is InChI=1S/C19H30ClN2O3P/c1-19(2,3)25-18(23)22-7-4-5-13(12-22)17(24-8-6-21)14-9-15(20)11-16(26)10-14/h9-11,13,17H,4-8,12,21,26H2,1-3H3. The summed E-state index contributed by atoms with van der Waals surface area (Å²) in [6.07, 6.45) is 1.48. The molecule has 0 saturated carbocycles. The number of amides is 1. The molecule has 0 spiro atoms. The summed E-state index contributed by atoms with van der Waals surface area (Å²) in [4.78, 5) is 14.2. The van der Waals surface area contributed by atoms with Crippen molar-refractivity contribution in [3.63, 3.8) is 0 Å². The van der Waals surface area contributed by atoms with Gasteiger partial charge in [0.05, 0.1) is 12.7 Å². The van der Waals surface area contributed by atoms with Gasteiger partial charge in [-0.1, -0.05) is 11.6 Å². The van der Waals surface area contributed by atoms with Gasteiger partial charge < -0.3 is 20.1 Å². The first-order valence-corrected chi connectivity index (χ1v) is 10.0. The van der Waals surface area contributed by atoms with Crippen LogP contribution in [-0.4, -0.2) is 42.8 Å². The fourth-order valence-electron chi connectivity index (χ4n) is 3.25. The summed E-state index contributed by atoms with van der Waals surface area (Å²) in [6.45, 7) is 7.87. The van der Waals surface area contributed by atoms with Gasteiger partial charge in [0.15, 0.2) is 0 Å². The molecule has 1 aromatic rings. The average molecular weight is 401 g/mol. The zero-order valence-electron chi connectivity index (χ0n) is 15.8. The summed E-state index contributed by atoms with van der Waals surface area (Å²) in [5.41, 5.74) is 6.17. The molecule has 3 unspecified atom stereocenters. The van der Waals surface area contributed by atoms with Gasteiger partial charge >= 0.3 is 6.09 Å². The first kappa shape index (κ1) is 21.4. The van der Waals surface area contributed by atoms with E-state index in [0.717, 1.165) is 23.7 Å². The monoisotopic (exact) mass is 400 g/mol. The van der Waals surface area contributed by atoms with E-state index in [1.54, 1.807) is 4.90 Å². The maximum absolute atomic E-state index is 12.5. The fourth-order valence-corrected chi connectivity index (χ4v) is 3.98. The zero-order valence-corrected chi connectivity index (χ0v) is 17.7. The van der Waals surface area contributed by atoms with Crippen molar-refractivity contribution in [2.45, 2.75) is 45.3 Å². The molecular formula is C19H30ClN2O3P. The molecule has 7 heteroatoms. The molecule has 1 aromatic carbocycles. The zero-order chi connectivity index (χ0) is 19.3. The Morgan fingerprint density at radius 2 is 2.15 bits per heavy atom. The van der Waals surface area contributed by atoms with E-state index in [0.29, 0.717) is 31.3 Å². The Bertz CT molecular complexity index is 601. The number of nitrogens with zero attached hydrogens (tertiary/aromatic N) is 1. The molecule has 1 amide bonds. The first-order valence-electron chi connectivity index (χ1n) is 9.05. The fraction of sp³-hybridized carbons (Fsp3) is 0.632. The van der Waals surface area contributed by atoms with Gasteiger partial charge in [0.1, 0.15) is 5.60 Å². The third kappa shape index (κ3) is 6.38. The first-order chi connectivity index (χ1) is 12.2. The third-order valence-electron chi connectivity index (χ3n) is 4.22. The molecule has 2 N–H and O–H groups in total. The van der Waals surface area contributed by atoms with Gasteiger partial charge in [-0.2, -0.15) is 0 Å². The number of rotatable bonds is 5. The second-order valence-corrected chi connectivity index (χ2v) is 8.83. The molecule has 0 aliphatic carbocycles. The quantitative estimate of drug-likeness (QED) is 0.768. The summed E-state index contributed by atoms with van der Waals surface area (Å²) in [5.74, 6) is 0.172. The molecule has 5 nitrogen and oxygen atoms in total. The highest BCUT2D eigenvalue weighted by atomic mass is 35.5. The smallest absolute Gasteiger partial charge is 0.410 e. The van der Waals surface area contributed by atoms with E-state index in [9.17, 15) is 4.79 Å². The van der Waals surface area contributed by atoms with Crippen LogP contribution in [-0.2, 0) is 9.47 Å². The maximum Gasteiger partial charge on any atom is 0.410 e. The van der Waals surface area contributed by atoms with Crippen LogP contribution >= 0.6 is 20.8 Å². The van der Waals surface area contributed by atoms with Crippen LogP contribution in [0, 0.1) is 5.92 Å². The topological polar surface area (TPSA) is 64.8 Å². The number of piperidine rings is 1. The van der Waals surface area contributed by atoms with E-state index in [4.69, 9.17) is 26.8 Å². The Morgan fingerprint density at radius 1 is 1.42 bits per heavy atom. The summed E-state index contributed by atoms with van der Waals surface area (Å²) >= 11 is 6.24. The highest BCUT2D eigenvalue weighted by molar-refractivity contribution is 7.27.